The average Bonchev–Trinajstić information content (AvgIpc) is 3.30. The number of halogens is 1. The first-order valence-electron chi connectivity index (χ1n) is 8.51. The summed E-state index contributed by atoms with van der Waals surface area (Å²) in [4.78, 5) is 27.7. The van der Waals surface area contributed by atoms with Crippen LogP contribution in [-0.2, 0) is 9.59 Å². The van der Waals surface area contributed by atoms with Crippen molar-refractivity contribution in [2.75, 3.05) is 13.8 Å². The number of likely N-dealkylation sites (N-methyl/N-ethyl adjacent to an activating group) is 1. The number of piperazine rings is 1. The van der Waals surface area contributed by atoms with Crippen LogP contribution in [0.25, 0.3) is 0 Å². The molecule has 140 valence electrons. The smallest absolute Gasteiger partial charge is 0.261 e. The molecule has 2 amide bonds. The van der Waals surface area contributed by atoms with E-state index in [1.165, 1.54) is 16.7 Å². The van der Waals surface area contributed by atoms with Gasteiger partial charge in [-0.05, 0) is 26.0 Å². The summed E-state index contributed by atoms with van der Waals surface area (Å²) in [5, 5.41) is 10.1. The van der Waals surface area contributed by atoms with Gasteiger partial charge in [-0.15, -0.1) is 0 Å². The molecule has 9 heteroatoms. The molecule has 4 aliphatic heterocycles. The molecule has 5 rings (SSSR count). The molecule has 1 aromatic carbocycles. The standard InChI is InChI=1S/C18H16BrN3O4S/c1-16(7-20)6-18-15(24)21(3)17(2,27-18)14(23)22(18)13(16)11-9(19)4-5-10-12(11)26-8-25-10/h4-5,13H,6,8H2,1-3H3/t13-,16+,17?,18+/m0/s1. The minimum absolute atomic E-state index is 0.0853. The van der Waals surface area contributed by atoms with E-state index in [2.05, 4.69) is 22.0 Å². The van der Waals surface area contributed by atoms with E-state index in [0.717, 1.165) is 4.47 Å². The van der Waals surface area contributed by atoms with Gasteiger partial charge in [0.25, 0.3) is 11.8 Å². The van der Waals surface area contributed by atoms with Crippen molar-refractivity contribution in [3.8, 4) is 17.6 Å². The highest BCUT2D eigenvalue weighted by Crippen LogP contribution is 2.70. The zero-order valence-electron chi connectivity index (χ0n) is 14.9. The van der Waals surface area contributed by atoms with Gasteiger partial charge in [-0.3, -0.25) is 9.59 Å². The second-order valence-corrected chi connectivity index (χ2v) is 10.2. The molecule has 3 fully saturated rings. The lowest BCUT2D eigenvalue weighted by Gasteiger charge is -2.40. The third-order valence-electron chi connectivity index (χ3n) is 6.17. The Morgan fingerprint density at radius 2 is 2.04 bits per heavy atom. The van der Waals surface area contributed by atoms with Crippen LogP contribution >= 0.6 is 27.7 Å². The number of nitrogens with zero attached hydrogens (tertiary/aromatic N) is 3. The molecule has 0 aromatic heterocycles. The Morgan fingerprint density at radius 3 is 2.74 bits per heavy atom. The Bertz CT molecular complexity index is 980. The third kappa shape index (κ3) is 1.74. The molecule has 0 radical (unpaired) electrons. The monoisotopic (exact) mass is 449 g/mol. The predicted molar refractivity (Wildman–Crippen MR) is 99.7 cm³/mol. The minimum Gasteiger partial charge on any atom is -0.454 e. The number of nitriles is 1. The number of carbonyl (C=O) groups excluding carboxylic acids is 2. The summed E-state index contributed by atoms with van der Waals surface area (Å²) in [6.45, 7) is 3.67. The van der Waals surface area contributed by atoms with Crippen molar-refractivity contribution in [1.82, 2.24) is 9.80 Å². The molecule has 27 heavy (non-hydrogen) atoms. The van der Waals surface area contributed by atoms with Gasteiger partial charge in [-0.2, -0.15) is 5.26 Å². The van der Waals surface area contributed by atoms with Crippen LogP contribution in [0.4, 0.5) is 0 Å². The maximum absolute atomic E-state index is 13.4. The first kappa shape index (κ1) is 17.2. The van der Waals surface area contributed by atoms with Crippen LogP contribution in [0, 0.1) is 16.7 Å². The van der Waals surface area contributed by atoms with E-state index in [1.54, 1.807) is 24.9 Å². The van der Waals surface area contributed by atoms with Crippen molar-refractivity contribution >= 4 is 39.5 Å². The van der Waals surface area contributed by atoms with Gasteiger partial charge in [-0.1, -0.05) is 27.7 Å². The molecule has 1 aromatic rings. The number of ether oxygens (including phenoxy) is 2. The molecule has 0 saturated carbocycles. The first-order valence-corrected chi connectivity index (χ1v) is 10.1. The number of fused-ring (bicyclic) bond motifs is 2. The van der Waals surface area contributed by atoms with Crippen LogP contribution in [0.1, 0.15) is 31.9 Å². The molecule has 7 nitrogen and oxygen atoms in total. The van der Waals surface area contributed by atoms with Crippen molar-refractivity contribution in [3.05, 3.63) is 22.2 Å². The lowest BCUT2D eigenvalue weighted by Crippen LogP contribution is -2.60. The molecule has 1 unspecified atom stereocenters. The Hall–Kier alpha value is -1.92. The normalized spacial score (nSPS) is 38.6. The van der Waals surface area contributed by atoms with Crippen molar-refractivity contribution < 1.29 is 19.1 Å². The topological polar surface area (TPSA) is 82.9 Å². The Labute approximate surface area is 168 Å². The Balaban J connectivity index is 1.77. The SMILES string of the molecule is CN1C(=O)[C@]23C[C@](C)(C#N)[C@H](c4c(Br)ccc5c4OCO5)N2C(=O)C1(C)S3. The molecular weight excluding hydrogens is 434 g/mol. The number of hydrogen-bond donors (Lipinski definition) is 0. The van der Waals surface area contributed by atoms with E-state index in [1.807, 2.05) is 13.0 Å². The lowest BCUT2D eigenvalue weighted by molar-refractivity contribution is -0.159. The molecule has 1 spiro atoms. The highest BCUT2D eigenvalue weighted by molar-refractivity contribution is 9.10. The maximum Gasteiger partial charge on any atom is 0.261 e. The lowest BCUT2D eigenvalue weighted by atomic mass is 9.79. The van der Waals surface area contributed by atoms with Crippen molar-refractivity contribution in [2.24, 2.45) is 5.41 Å². The van der Waals surface area contributed by atoms with Gasteiger partial charge in [0.1, 0.15) is 0 Å². The molecule has 2 bridgehead atoms. The van der Waals surface area contributed by atoms with Gasteiger partial charge in [0.15, 0.2) is 21.2 Å². The number of benzene rings is 1. The number of rotatable bonds is 1. The van der Waals surface area contributed by atoms with Crippen molar-refractivity contribution in [3.63, 3.8) is 0 Å². The summed E-state index contributed by atoms with van der Waals surface area (Å²) in [6, 6.07) is 5.38. The number of carbonyl (C=O) groups is 2. The van der Waals surface area contributed by atoms with Crippen LogP contribution in [0.5, 0.6) is 11.5 Å². The molecular formula is C18H16BrN3O4S. The summed E-state index contributed by atoms with van der Waals surface area (Å²) in [7, 11) is 1.66. The first-order chi connectivity index (χ1) is 12.7. The second-order valence-electron chi connectivity index (χ2n) is 7.71. The van der Waals surface area contributed by atoms with Crippen LogP contribution in [0.3, 0.4) is 0 Å². The van der Waals surface area contributed by atoms with Crippen LogP contribution in [0.2, 0.25) is 0 Å². The highest BCUT2D eigenvalue weighted by atomic mass is 79.9. The average molecular weight is 450 g/mol. The summed E-state index contributed by atoms with van der Waals surface area (Å²) in [5.41, 5.74) is -0.263. The van der Waals surface area contributed by atoms with Crippen LogP contribution in [-0.4, -0.2) is 45.2 Å². The van der Waals surface area contributed by atoms with E-state index < -0.39 is 21.2 Å². The summed E-state index contributed by atoms with van der Waals surface area (Å²) in [5.74, 6) is 0.828. The summed E-state index contributed by atoms with van der Waals surface area (Å²) < 4.78 is 11.9. The molecule has 0 aliphatic carbocycles. The molecule has 4 heterocycles. The quantitative estimate of drug-likeness (QED) is 0.655. The van der Waals surface area contributed by atoms with Crippen LogP contribution in [0.15, 0.2) is 16.6 Å². The van der Waals surface area contributed by atoms with Gasteiger partial charge in [0.2, 0.25) is 6.79 Å². The zero-order valence-corrected chi connectivity index (χ0v) is 17.3. The second kappa shape index (κ2) is 4.92. The van der Waals surface area contributed by atoms with E-state index >= 15 is 0 Å². The fraction of sp³-hybridized carbons (Fsp3) is 0.500. The minimum atomic E-state index is -1.06. The fourth-order valence-corrected chi connectivity index (χ4v) is 7.27. The van der Waals surface area contributed by atoms with Crippen LogP contribution < -0.4 is 9.47 Å². The van der Waals surface area contributed by atoms with Gasteiger partial charge >= 0.3 is 0 Å². The Kier molecular flexibility index (Phi) is 3.13. The number of hydrogen-bond acceptors (Lipinski definition) is 6. The highest BCUT2D eigenvalue weighted by Gasteiger charge is 2.79. The van der Waals surface area contributed by atoms with Gasteiger partial charge < -0.3 is 19.3 Å². The summed E-state index contributed by atoms with van der Waals surface area (Å²) in [6.07, 6.45) is 0.271. The van der Waals surface area contributed by atoms with Crippen molar-refractivity contribution in [1.29, 1.82) is 5.26 Å². The molecule has 3 saturated heterocycles. The maximum atomic E-state index is 13.4. The Morgan fingerprint density at radius 1 is 1.30 bits per heavy atom. The van der Waals surface area contributed by atoms with E-state index in [9.17, 15) is 14.9 Å². The van der Waals surface area contributed by atoms with Crippen molar-refractivity contribution in [2.45, 2.75) is 36.1 Å². The molecule has 4 aliphatic rings. The van der Waals surface area contributed by atoms with E-state index in [0.29, 0.717) is 17.1 Å². The molecule has 4 atom stereocenters. The fourth-order valence-electron chi connectivity index (χ4n) is 4.80. The zero-order chi connectivity index (χ0) is 19.4. The van der Waals surface area contributed by atoms with Gasteiger partial charge in [0.05, 0.1) is 17.5 Å². The molecule has 0 N–H and O–H groups in total. The predicted octanol–water partition coefficient (Wildman–Crippen LogP) is 2.61. The van der Waals surface area contributed by atoms with Gasteiger partial charge in [0, 0.05) is 23.5 Å². The number of amides is 2. The van der Waals surface area contributed by atoms with E-state index in [-0.39, 0.29) is 25.0 Å². The van der Waals surface area contributed by atoms with E-state index in [4.69, 9.17) is 9.47 Å². The largest absolute Gasteiger partial charge is 0.454 e. The van der Waals surface area contributed by atoms with Gasteiger partial charge in [-0.25, -0.2) is 0 Å². The summed E-state index contributed by atoms with van der Waals surface area (Å²) >= 11 is 4.91. The third-order valence-corrected chi connectivity index (χ3v) is 8.56. The number of thioether (sulfide) groups is 1.